The van der Waals surface area contributed by atoms with Crippen LogP contribution in [0.2, 0.25) is 19.6 Å². The van der Waals surface area contributed by atoms with Gasteiger partial charge in [0.1, 0.15) is 0 Å². The fourth-order valence-corrected chi connectivity index (χ4v) is 20.9. The topological polar surface area (TPSA) is 36.2 Å². The monoisotopic (exact) mass is 558 g/mol. The van der Waals surface area contributed by atoms with E-state index in [2.05, 4.69) is 145 Å². The van der Waals surface area contributed by atoms with Crippen LogP contribution in [0.15, 0.2) is 126 Å². The van der Waals surface area contributed by atoms with Gasteiger partial charge in [-0.05, 0) is 0 Å². The van der Waals surface area contributed by atoms with Crippen LogP contribution >= 0.6 is 14.1 Å². The van der Waals surface area contributed by atoms with E-state index in [4.69, 9.17) is 4.41 Å². The summed E-state index contributed by atoms with van der Waals surface area (Å²) in [6, 6.07) is 42.4. The van der Waals surface area contributed by atoms with Crippen molar-refractivity contribution < 1.29 is 0 Å². The summed E-state index contributed by atoms with van der Waals surface area (Å²) in [6.07, 6.45) is 0. The second-order valence-corrected chi connectivity index (χ2v) is 23.1. The summed E-state index contributed by atoms with van der Waals surface area (Å²) in [5.41, 5.74) is 0. The van der Waals surface area contributed by atoms with E-state index >= 15 is 0 Å². The average Bonchev–Trinajstić information content (AvgIpc) is 2.88. The standard InChI is InChI=1S/C28H30GeN2P2Si/c1-34(2,3)31-33(26-20-12-6-13-21-26,27-22-14-7-15-23-27)28(29)32(30,24-16-8-4-9-17-24)25-18-10-5-11-19-25/h4-23,30H,1-3H3. The summed E-state index contributed by atoms with van der Waals surface area (Å²) in [6.45, 7) is 6.95. The molecule has 4 rings (SSSR count). The van der Waals surface area contributed by atoms with Gasteiger partial charge in [-0.25, -0.2) is 0 Å². The minimum absolute atomic E-state index is 1.08. The molecule has 4 aromatic carbocycles. The van der Waals surface area contributed by atoms with Crippen LogP contribution in [0.4, 0.5) is 0 Å². The van der Waals surface area contributed by atoms with Crippen LogP contribution in [0.5, 0.6) is 0 Å². The zero-order valence-corrected chi connectivity index (χ0v) is 24.8. The van der Waals surface area contributed by atoms with Gasteiger partial charge in [-0.3, -0.25) is 0 Å². The van der Waals surface area contributed by atoms with Crippen LogP contribution in [0.1, 0.15) is 0 Å². The van der Waals surface area contributed by atoms with Crippen molar-refractivity contribution in [3.63, 3.8) is 0 Å². The average molecular weight is 557 g/mol. The van der Waals surface area contributed by atoms with Gasteiger partial charge in [0, 0.05) is 0 Å². The molecule has 2 radical (unpaired) electrons. The van der Waals surface area contributed by atoms with E-state index in [1.807, 2.05) is 12.1 Å². The van der Waals surface area contributed by atoms with E-state index in [1.165, 1.54) is 14.4 Å². The summed E-state index contributed by atoms with van der Waals surface area (Å²) in [5.74, 6) is 0. The molecule has 4 aromatic rings. The molecule has 0 aromatic heterocycles. The van der Waals surface area contributed by atoms with Crippen LogP contribution in [-0.4, -0.2) is 28.1 Å². The molecule has 0 fully saturated rings. The van der Waals surface area contributed by atoms with Gasteiger partial charge in [0.15, 0.2) is 0 Å². The zero-order chi connectivity index (χ0) is 24.2. The number of hydrogen-bond acceptors (Lipinski definition) is 2. The molecule has 0 aliphatic carbocycles. The van der Waals surface area contributed by atoms with Crippen molar-refractivity contribution in [2.24, 2.45) is 4.41 Å². The number of nitrogens with zero attached hydrogens (tertiary/aromatic N) is 1. The molecular weight excluding hydrogens is 527 g/mol. The van der Waals surface area contributed by atoms with Crippen molar-refractivity contribution >= 4 is 63.5 Å². The summed E-state index contributed by atoms with van der Waals surface area (Å²) in [7, 11) is -6.97. The van der Waals surface area contributed by atoms with E-state index in [1.54, 1.807) is 0 Å². The molecule has 170 valence electrons. The molecule has 0 aliphatic rings. The van der Waals surface area contributed by atoms with Crippen LogP contribution in [-0.2, 0) is 0 Å². The van der Waals surface area contributed by atoms with E-state index in [0.717, 1.165) is 10.6 Å². The molecule has 0 bridgehead atoms. The van der Waals surface area contributed by atoms with Crippen molar-refractivity contribution in [2.75, 3.05) is 0 Å². The van der Waals surface area contributed by atoms with Gasteiger partial charge in [0.25, 0.3) is 0 Å². The third kappa shape index (κ3) is 4.86. The summed E-state index contributed by atoms with van der Waals surface area (Å²) < 4.78 is 7.02. The number of benzene rings is 4. The molecule has 34 heavy (non-hydrogen) atoms. The molecule has 0 atom stereocenters. The maximum absolute atomic E-state index is 10.3. The van der Waals surface area contributed by atoms with Gasteiger partial charge in [-0.1, -0.05) is 0 Å². The second-order valence-electron chi connectivity index (χ2n) is 9.24. The quantitative estimate of drug-likeness (QED) is 0.203. The van der Waals surface area contributed by atoms with Crippen LogP contribution in [0, 0.1) is 5.16 Å². The van der Waals surface area contributed by atoms with Crippen molar-refractivity contribution in [3.8, 4) is 0 Å². The second kappa shape index (κ2) is 10.3. The molecule has 0 amide bonds. The Morgan fingerprint density at radius 2 is 0.882 bits per heavy atom. The van der Waals surface area contributed by atoms with Gasteiger partial charge in [0.2, 0.25) is 0 Å². The van der Waals surface area contributed by atoms with Crippen LogP contribution < -0.4 is 21.2 Å². The van der Waals surface area contributed by atoms with E-state index < -0.39 is 22.3 Å². The number of nitrogens with one attached hydrogen (secondary N) is 1. The van der Waals surface area contributed by atoms with Crippen molar-refractivity contribution in [1.29, 1.82) is 5.16 Å². The van der Waals surface area contributed by atoms with Crippen molar-refractivity contribution in [3.05, 3.63) is 121 Å². The molecule has 0 heterocycles. The first kappa shape index (κ1) is 25.1. The van der Waals surface area contributed by atoms with E-state index in [0.29, 0.717) is 0 Å². The third-order valence-electron chi connectivity index (χ3n) is 5.62. The predicted molar refractivity (Wildman–Crippen MR) is 157 cm³/mol. The maximum atomic E-state index is 10.3. The fourth-order valence-electron chi connectivity index (χ4n) is 4.21. The van der Waals surface area contributed by atoms with E-state index in [-0.39, 0.29) is 0 Å². The molecule has 6 heteroatoms. The Morgan fingerprint density at radius 1 is 0.588 bits per heavy atom. The van der Waals surface area contributed by atoms with Crippen LogP contribution in [0.3, 0.4) is 0 Å². The Bertz CT molecular complexity index is 1280. The Labute approximate surface area is 213 Å². The molecular formula is C28H30GeN2P2Si. The van der Waals surface area contributed by atoms with Gasteiger partial charge in [-0.2, -0.15) is 0 Å². The molecule has 0 unspecified atom stereocenters. The molecule has 0 aliphatic heterocycles. The van der Waals surface area contributed by atoms with Crippen LogP contribution in [0.25, 0.3) is 0 Å². The Kier molecular flexibility index (Phi) is 7.60. The van der Waals surface area contributed by atoms with Gasteiger partial charge in [-0.15, -0.1) is 0 Å². The SMILES string of the molecule is C[Si](C)(C)N=P([C](=[Ge])P(=N)(c1ccccc1)c1ccccc1)(c1ccccc1)c1ccccc1. The first-order valence-electron chi connectivity index (χ1n) is 11.4. The predicted octanol–water partition coefficient (Wildman–Crippen LogP) is 6.36. The van der Waals surface area contributed by atoms with Gasteiger partial charge < -0.3 is 0 Å². The number of hydrogen-bond donors (Lipinski definition) is 1. The Morgan fingerprint density at radius 3 is 1.18 bits per heavy atom. The van der Waals surface area contributed by atoms with Crippen molar-refractivity contribution in [1.82, 2.24) is 0 Å². The third-order valence-corrected chi connectivity index (χ3v) is 20.6. The van der Waals surface area contributed by atoms with Crippen molar-refractivity contribution in [2.45, 2.75) is 19.6 Å². The van der Waals surface area contributed by atoms with Gasteiger partial charge in [0.05, 0.1) is 0 Å². The minimum atomic E-state index is -2.66. The molecule has 0 saturated heterocycles. The summed E-state index contributed by atoms with van der Waals surface area (Å²) in [4.78, 5) is 0. The molecule has 2 nitrogen and oxygen atoms in total. The molecule has 1 N–H and O–H groups in total. The first-order chi connectivity index (χ1) is 16.3. The van der Waals surface area contributed by atoms with Gasteiger partial charge >= 0.3 is 214 Å². The summed E-state index contributed by atoms with van der Waals surface area (Å²) in [5, 5.41) is 15.0. The first-order valence-corrected chi connectivity index (χ1v) is 19.4. The fraction of sp³-hybridized carbons (Fsp3) is 0.107. The zero-order valence-electron chi connectivity index (χ0n) is 19.9. The Hall–Kier alpha value is -2.03. The Balaban J connectivity index is 2.16. The molecule has 0 spiro atoms. The summed E-state index contributed by atoms with van der Waals surface area (Å²) >= 11 is 2.23. The van der Waals surface area contributed by atoms with E-state index in [9.17, 15) is 5.16 Å². The number of rotatable bonds is 7. The molecule has 0 saturated carbocycles. The normalized spacial score (nSPS) is 12.2.